The van der Waals surface area contributed by atoms with Crippen LogP contribution in [-0.2, 0) is 10.0 Å². The van der Waals surface area contributed by atoms with Gasteiger partial charge in [-0.05, 0) is 73.4 Å². The fourth-order valence-electron chi connectivity index (χ4n) is 5.56. The van der Waals surface area contributed by atoms with Crippen molar-refractivity contribution in [2.24, 2.45) is 0 Å². The Bertz CT molecular complexity index is 1670. The maximum absolute atomic E-state index is 13.9. The zero-order chi connectivity index (χ0) is 28.0. The molecule has 208 valence electrons. The number of nitrogens with zero attached hydrogens (tertiary/aromatic N) is 4. The number of carbonyl (C=O) groups excluding carboxylic acids is 1. The quantitative estimate of drug-likeness (QED) is 0.366. The summed E-state index contributed by atoms with van der Waals surface area (Å²) in [6.07, 6.45) is 4.72. The van der Waals surface area contributed by atoms with E-state index in [1.807, 2.05) is 9.80 Å². The highest BCUT2D eigenvalue weighted by atomic mass is 32.2. The van der Waals surface area contributed by atoms with Gasteiger partial charge < -0.3 is 14.9 Å². The summed E-state index contributed by atoms with van der Waals surface area (Å²) in [5.74, 6) is -2.11. The van der Waals surface area contributed by atoms with E-state index in [-0.39, 0.29) is 16.5 Å². The molecule has 2 aliphatic heterocycles. The molecule has 1 amide bonds. The van der Waals surface area contributed by atoms with Crippen molar-refractivity contribution in [3.8, 4) is 0 Å². The number of sulfonamides is 1. The Kier molecular flexibility index (Phi) is 6.67. The number of amides is 1. The second-order valence-corrected chi connectivity index (χ2v) is 11.8. The highest BCUT2D eigenvalue weighted by molar-refractivity contribution is 7.90. The van der Waals surface area contributed by atoms with E-state index in [0.29, 0.717) is 43.6 Å². The molecule has 0 spiro atoms. The summed E-state index contributed by atoms with van der Waals surface area (Å²) >= 11 is 0. The van der Waals surface area contributed by atoms with Gasteiger partial charge in [-0.3, -0.25) is 4.79 Å². The van der Waals surface area contributed by atoms with Gasteiger partial charge in [-0.15, -0.1) is 0 Å². The molecule has 4 aromatic rings. The van der Waals surface area contributed by atoms with Gasteiger partial charge in [0.2, 0.25) is 0 Å². The molecule has 2 N–H and O–H groups in total. The van der Waals surface area contributed by atoms with Crippen LogP contribution in [0.15, 0.2) is 71.9 Å². The molecule has 2 saturated heterocycles. The first-order valence-corrected chi connectivity index (χ1v) is 14.5. The van der Waals surface area contributed by atoms with Crippen LogP contribution in [0.1, 0.15) is 41.2 Å². The van der Waals surface area contributed by atoms with Crippen molar-refractivity contribution in [3.05, 3.63) is 89.8 Å². The lowest BCUT2D eigenvalue weighted by Gasteiger charge is -2.27. The summed E-state index contributed by atoms with van der Waals surface area (Å²) < 4.78 is 57.4. The summed E-state index contributed by atoms with van der Waals surface area (Å²) in [7, 11) is -4.17. The molecule has 4 heterocycles. The van der Waals surface area contributed by atoms with Crippen LogP contribution in [-0.4, -0.2) is 54.8 Å². The first kappa shape index (κ1) is 26.2. The molecule has 0 saturated carbocycles. The number of aromatic nitrogens is 2. The zero-order valence-electron chi connectivity index (χ0n) is 21.4. The molecule has 6 rings (SSSR count). The third kappa shape index (κ3) is 5.00. The number of anilines is 2. The van der Waals surface area contributed by atoms with Crippen molar-refractivity contribution < 1.29 is 27.1 Å². The minimum absolute atomic E-state index is 0.0660. The minimum Gasteiger partial charge on any atom is -0.391 e. The molecule has 9 nitrogen and oxygen atoms in total. The molecule has 40 heavy (non-hydrogen) atoms. The van der Waals surface area contributed by atoms with E-state index in [1.54, 1.807) is 30.5 Å². The smallest absolute Gasteiger partial charge is 0.268 e. The fourth-order valence-corrected chi connectivity index (χ4v) is 6.53. The van der Waals surface area contributed by atoms with Gasteiger partial charge in [-0.25, -0.2) is 26.4 Å². The predicted octanol–water partition coefficient (Wildman–Crippen LogP) is 3.64. The summed E-state index contributed by atoms with van der Waals surface area (Å²) in [6, 6.07) is 12.9. The Morgan fingerprint density at radius 1 is 0.975 bits per heavy atom. The van der Waals surface area contributed by atoms with Crippen LogP contribution >= 0.6 is 0 Å². The summed E-state index contributed by atoms with van der Waals surface area (Å²) in [5.41, 5.74) is 2.50. The maximum atomic E-state index is 13.9. The first-order chi connectivity index (χ1) is 19.2. The fraction of sp³-hybridized carbons (Fsp3) is 0.286. The van der Waals surface area contributed by atoms with Gasteiger partial charge in [-0.2, -0.15) is 5.10 Å². The van der Waals surface area contributed by atoms with E-state index in [2.05, 4.69) is 9.82 Å². The molecule has 2 aliphatic rings. The van der Waals surface area contributed by atoms with E-state index in [4.69, 9.17) is 0 Å². The number of fused-ring (bicyclic) bond motifs is 1. The van der Waals surface area contributed by atoms with E-state index >= 15 is 0 Å². The number of aliphatic hydroxyl groups is 1. The lowest BCUT2D eigenvalue weighted by Crippen LogP contribution is -2.30. The Morgan fingerprint density at radius 2 is 1.73 bits per heavy atom. The molecular formula is C28H27F2N5O4S. The number of hydrogen-bond donors (Lipinski definition) is 2. The van der Waals surface area contributed by atoms with E-state index in [9.17, 15) is 27.1 Å². The van der Waals surface area contributed by atoms with Crippen LogP contribution in [0.5, 0.6) is 0 Å². The monoisotopic (exact) mass is 567 g/mol. The summed E-state index contributed by atoms with van der Waals surface area (Å²) in [4.78, 5) is 17.1. The van der Waals surface area contributed by atoms with Crippen molar-refractivity contribution in [1.29, 1.82) is 0 Å². The van der Waals surface area contributed by atoms with Crippen LogP contribution in [0.4, 0.5) is 20.2 Å². The average Bonchev–Trinajstić information content (AvgIpc) is 3.67. The molecule has 0 radical (unpaired) electrons. The number of carbonyl (C=O) groups is 1. The number of pyridine rings is 1. The minimum atomic E-state index is -4.17. The zero-order valence-corrected chi connectivity index (χ0v) is 22.2. The summed E-state index contributed by atoms with van der Waals surface area (Å²) in [5, 5.41) is 13.9. The first-order valence-electron chi connectivity index (χ1n) is 13.0. The van der Waals surface area contributed by atoms with Gasteiger partial charge >= 0.3 is 0 Å². The number of halogens is 2. The molecule has 2 atom stereocenters. The van der Waals surface area contributed by atoms with Crippen molar-refractivity contribution in [3.63, 3.8) is 0 Å². The molecule has 2 unspecified atom stereocenters. The highest BCUT2D eigenvalue weighted by Crippen LogP contribution is 2.37. The van der Waals surface area contributed by atoms with Crippen molar-refractivity contribution >= 4 is 32.8 Å². The Labute approximate surface area is 229 Å². The lowest BCUT2D eigenvalue weighted by molar-refractivity contribution is 0.0983. The Balaban J connectivity index is 1.23. The largest absolute Gasteiger partial charge is 0.391 e. The second kappa shape index (κ2) is 10.2. The SMILES string of the molecule is O=C(NS(=O)(=O)c1ccc(N2CCC(O)C2)cc1)c1cnn2ccc(N3CCCC3c3cc(F)cc(F)c3)cc12. The van der Waals surface area contributed by atoms with Crippen LogP contribution < -0.4 is 14.5 Å². The van der Waals surface area contributed by atoms with Crippen molar-refractivity contribution in [2.45, 2.75) is 36.3 Å². The Hall–Kier alpha value is -4.03. The molecular weight excluding hydrogens is 540 g/mol. The number of rotatable bonds is 6. The van der Waals surface area contributed by atoms with Crippen LogP contribution in [0.2, 0.25) is 0 Å². The maximum Gasteiger partial charge on any atom is 0.268 e. The van der Waals surface area contributed by atoms with Gasteiger partial charge in [0.1, 0.15) is 11.6 Å². The van der Waals surface area contributed by atoms with Gasteiger partial charge in [0, 0.05) is 43.3 Å². The average molecular weight is 568 g/mol. The lowest BCUT2D eigenvalue weighted by atomic mass is 10.0. The standard InChI is InChI=1S/C28H27F2N5O4S/c29-19-12-18(13-20(30)14-19)26-2-1-9-34(26)22-7-11-35-27(15-22)25(16-31-35)28(37)32-40(38,39)24-5-3-21(4-6-24)33-10-8-23(36)17-33/h3-7,11-16,23,26,36H,1-2,8-10,17H2,(H,32,37). The number of hydrogen-bond acceptors (Lipinski definition) is 7. The second-order valence-electron chi connectivity index (χ2n) is 10.1. The molecule has 2 aromatic carbocycles. The molecule has 2 aromatic heterocycles. The van der Waals surface area contributed by atoms with Gasteiger partial charge in [0.05, 0.1) is 34.3 Å². The number of benzene rings is 2. The van der Waals surface area contributed by atoms with Crippen molar-refractivity contribution in [1.82, 2.24) is 14.3 Å². The van der Waals surface area contributed by atoms with E-state index < -0.39 is 33.7 Å². The summed E-state index contributed by atoms with van der Waals surface area (Å²) in [6.45, 7) is 1.81. The van der Waals surface area contributed by atoms with E-state index in [1.165, 1.54) is 35.0 Å². The molecule has 0 aliphatic carbocycles. The Morgan fingerprint density at radius 3 is 2.42 bits per heavy atom. The van der Waals surface area contributed by atoms with Crippen molar-refractivity contribution in [2.75, 3.05) is 29.4 Å². The van der Waals surface area contributed by atoms with Gasteiger partial charge in [0.25, 0.3) is 15.9 Å². The van der Waals surface area contributed by atoms with Gasteiger partial charge in [0.15, 0.2) is 0 Å². The number of nitrogens with one attached hydrogen (secondary N) is 1. The number of aliphatic hydroxyl groups excluding tert-OH is 1. The topological polar surface area (TPSA) is 107 Å². The third-order valence-corrected chi connectivity index (χ3v) is 8.85. The molecule has 0 bridgehead atoms. The van der Waals surface area contributed by atoms with E-state index in [0.717, 1.165) is 23.9 Å². The van der Waals surface area contributed by atoms with Crippen LogP contribution in [0.3, 0.4) is 0 Å². The number of β-amino-alcohol motifs (C(OH)–C–C–N with tert-alkyl or cyclic N) is 1. The van der Waals surface area contributed by atoms with Crippen LogP contribution in [0, 0.1) is 11.6 Å². The normalized spacial score (nSPS) is 19.5. The molecule has 2 fully saturated rings. The molecule has 12 heteroatoms. The highest BCUT2D eigenvalue weighted by Gasteiger charge is 2.29. The van der Waals surface area contributed by atoms with Gasteiger partial charge in [-0.1, -0.05) is 0 Å². The third-order valence-electron chi connectivity index (χ3n) is 7.51. The predicted molar refractivity (Wildman–Crippen MR) is 145 cm³/mol. The van der Waals surface area contributed by atoms with Crippen LogP contribution in [0.25, 0.3) is 5.52 Å².